The normalized spacial score (nSPS) is 20.1. The molecule has 2 aromatic carbocycles. The van der Waals surface area contributed by atoms with Gasteiger partial charge in [-0.2, -0.15) is 4.98 Å². The lowest BCUT2D eigenvalue weighted by atomic mass is 9.59. The highest BCUT2D eigenvalue weighted by atomic mass is 32.2. The standard InChI is InChI=1S/C40H54N6O5S/c1-25(2)19-29-24-51-35-21-34(36-32(26(3)4)13-10-14-33(36)27(5)6)41-38(42-35)43-52(49,50)31-12-9-11-28(20-31)37(47)46(29)30-22-40(23-30)15-17-45(18-16-40)39(48)44(7)8/h9-14,20-21,25-27,29-30H,15-19,22-24H2,1-8H3,(H,41,42,43)/t29-/m1/s1. The average Bonchev–Trinajstić information content (AvgIpc) is 3.08. The summed E-state index contributed by atoms with van der Waals surface area (Å²) in [6.07, 6.45) is 4.11. The molecule has 1 aliphatic carbocycles. The monoisotopic (exact) mass is 730 g/mol. The second-order valence-corrected chi connectivity index (χ2v) is 17.9. The van der Waals surface area contributed by atoms with Gasteiger partial charge in [0.2, 0.25) is 11.8 Å². The van der Waals surface area contributed by atoms with Crippen molar-refractivity contribution in [3.8, 4) is 17.1 Å². The van der Waals surface area contributed by atoms with Gasteiger partial charge in [0.05, 0.1) is 16.6 Å². The predicted molar refractivity (Wildman–Crippen MR) is 203 cm³/mol. The van der Waals surface area contributed by atoms with E-state index < -0.39 is 10.0 Å². The summed E-state index contributed by atoms with van der Waals surface area (Å²) in [5.41, 5.74) is 4.08. The number of benzene rings is 2. The number of carbonyl (C=O) groups is 2. The van der Waals surface area contributed by atoms with Crippen LogP contribution in [0.5, 0.6) is 5.88 Å². The number of fused-ring (bicyclic) bond motifs is 4. The summed E-state index contributed by atoms with van der Waals surface area (Å²) in [6, 6.07) is 14.0. The number of hydrogen-bond donors (Lipinski definition) is 1. The number of nitrogens with zero attached hydrogens (tertiary/aromatic N) is 5. The van der Waals surface area contributed by atoms with Gasteiger partial charge in [-0.05, 0) is 84.6 Å². The molecule has 4 bridgehead atoms. The van der Waals surface area contributed by atoms with E-state index >= 15 is 0 Å². The molecule has 3 aromatic rings. The summed E-state index contributed by atoms with van der Waals surface area (Å²) in [5, 5.41) is 0. The zero-order chi connectivity index (χ0) is 37.5. The Kier molecular flexibility index (Phi) is 10.6. The summed E-state index contributed by atoms with van der Waals surface area (Å²) in [6.45, 7) is 14.4. The van der Waals surface area contributed by atoms with Gasteiger partial charge in [0, 0.05) is 50.4 Å². The molecule has 280 valence electrons. The first-order valence-corrected chi connectivity index (χ1v) is 20.1. The molecule has 1 spiro atoms. The summed E-state index contributed by atoms with van der Waals surface area (Å²) in [4.78, 5) is 42.1. The van der Waals surface area contributed by atoms with E-state index in [2.05, 4.69) is 69.4 Å². The number of rotatable bonds is 6. The van der Waals surface area contributed by atoms with Crippen LogP contribution < -0.4 is 9.46 Å². The van der Waals surface area contributed by atoms with Gasteiger partial charge >= 0.3 is 6.03 Å². The first-order valence-electron chi connectivity index (χ1n) is 18.6. The summed E-state index contributed by atoms with van der Waals surface area (Å²) >= 11 is 0. The molecular weight excluding hydrogens is 677 g/mol. The van der Waals surface area contributed by atoms with Gasteiger partial charge in [-0.3, -0.25) is 4.79 Å². The second-order valence-electron chi connectivity index (χ2n) is 16.2. The smallest absolute Gasteiger partial charge is 0.319 e. The molecule has 2 fully saturated rings. The number of nitrogens with one attached hydrogen (secondary N) is 1. The number of sulfonamides is 1. The molecule has 0 radical (unpaired) electrons. The molecule has 11 nitrogen and oxygen atoms in total. The largest absolute Gasteiger partial charge is 0.475 e. The molecule has 6 rings (SSSR count). The Morgan fingerprint density at radius 2 is 1.60 bits per heavy atom. The summed E-state index contributed by atoms with van der Waals surface area (Å²) in [5.74, 6) is 0.569. The van der Waals surface area contributed by atoms with Crippen LogP contribution >= 0.6 is 0 Å². The van der Waals surface area contributed by atoms with E-state index in [0.717, 1.165) is 42.4 Å². The highest BCUT2D eigenvalue weighted by molar-refractivity contribution is 7.92. The van der Waals surface area contributed by atoms with E-state index in [1.165, 1.54) is 12.1 Å². The molecule has 3 amide bonds. The van der Waals surface area contributed by atoms with Crippen LogP contribution in [0.2, 0.25) is 0 Å². The Balaban J connectivity index is 1.41. The van der Waals surface area contributed by atoms with E-state index in [4.69, 9.17) is 9.72 Å². The molecule has 12 heteroatoms. The summed E-state index contributed by atoms with van der Waals surface area (Å²) in [7, 11) is -0.617. The number of ether oxygens (including phenoxy) is 1. The van der Waals surface area contributed by atoms with Gasteiger partial charge in [-0.15, -0.1) is 0 Å². The first-order chi connectivity index (χ1) is 24.6. The predicted octanol–water partition coefficient (Wildman–Crippen LogP) is 7.37. The Morgan fingerprint density at radius 3 is 2.19 bits per heavy atom. The van der Waals surface area contributed by atoms with E-state index in [-0.39, 0.29) is 70.5 Å². The van der Waals surface area contributed by atoms with Crippen LogP contribution in [-0.2, 0) is 10.0 Å². The maximum Gasteiger partial charge on any atom is 0.319 e. The molecule has 3 aliphatic rings. The van der Waals surface area contributed by atoms with Gasteiger partial charge in [-0.1, -0.05) is 65.8 Å². The number of anilines is 1. The van der Waals surface area contributed by atoms with E-state index in [0.29, 0.717) is 30.8 Å². The fourth-order valence-electron chi connectivity index (χ4n) is 8.26. The van der Waals surface area contributed by atoms with Crippen LogP contribution in [0.15, 0.2) is 53.4 Å². The minimum Gasteiger partial charge on any atom is -0.475 e. The third-order valence-electron chi connectivity index (χ3n) is 11.0. The highest BCUT2D eigenvalue weighted by Crippen LogP contribution is 2.52. The fourth-order valence-corrected chi connectivity index (χ4v) is 9.25. The van der Waals surface area contributed by atoms with Crippen LogP contribution in [0, 0.1) is 11.3 Å². The quantitative estimate of drug-likeness (QED) is 0.281. The van der Waals surface area contributed by atoms with Crippen molar-refractivity contribution in [1.29, 1.82) is 0 Å². The van der Waals surface area contributed by atoms with Crippen LogP contribution in [-0.4, -0.2) is 90.9 Å². The molecule has 1 saturated heterocycles. The average molecular weight is 731 g/mol. The van der Waals surface area contributed by atoms with Crippen molar-refractivity contribution in [3.05, 3.63) is 65.2 Å². The molecular formula is C40H54N6O5S. The molecule has 1 N–H and O–H groups in total. The van der Waals surface area contributed by atoms with Gasteiger partial charge in [0.25, 0.3) is 15.9 Å². The molecule has 1 saturated carbocycles. The van der Waals surface area contributed by atoms with Gasteiger partial charge in [0.1, 0.15) is 6.61 Å². The topological polar surface area (TPSA) is 125 Å². The van der Waals surface area contributed by atoms with Gasteiger partial charge < -0.3 is 19.4 Å². The molecule has 52 heavy (non-hydrogen) atoms. The first kappa shape index (κ1) is 37.6. The van der Waals surface area contributed by atoms with Crippen LogP contribution in [0.3, 0.4) is 0 Å². The minimum atomic E-state index is -4.17. The van der Waals surface area contributed by atoms with E-state index in [9.17, 15) is 18.0 Å². The zero-order valence-corrected chi connectivity index (χ0v) is 32.7. The Labute approximate surface area is 309 Å². The molecule has 1 aromatic heterocycles. The Hall–Kier alpha value is -4.19. The maximum absolute atomic E-state index is 14.6. The summed E-state index contributed by atoms with van der Waals surface area (Å²) < 4.78 is 36.9. The van der Waals surface area contributed by atoms with Crippen molar-refractivity contribution < 1.29 is 22.7 Å². The Morgan fingerprint density at radius 1 is 0.962 bits per heavy atom. The second kappa shape index (κ2) is 14.7. The number of amides is 3. The molecule has 2 aliphatic heterocycles. The van der Waals surface area contributed by atoms with Crippen molar-refractivity contribution in [1.82, 2.24) is 24.7 Å². The van der Waals surface area contributed by atoms with Crippen molar-refractivity contribution in [2.45, 2.75) is 102 Å². The number of aromatic nitrogens is 2. The molecule has 1 atom stereocenters. The van der Waals surface area contributed by atoms with Crippen molar-refractivity contribution in [2.24, 2.45) is 11.3 Å². The van der Waals surface area contributed by atoms with Crippen LogP contribution in [0.4, 0.5) is 10.7 Å². The molecule has 0 unspecified atom stereocenters. The van der Waals surface area contributed by atoms with Gasteiger partial charge in [-0.25, -0.2) is 22.9 Å². The minimum absolute atomic E-state index is 0.0301. The lowest BCUT2D eigenvalue weighted by Crippen LogP contribution is -2.60. The lowest BCUT2D eigenvalue weighted by molar-refractivity contribution is -0.0485. The van der Waals surface area contributed by atoms with Crippen molar-refractivity contribution in [2.75, 3.05) is 38.5 Å². The number of carbonyl (C=O) groups excluding carboxylic acids is 2. The lowest BCUT2D eigenvalue weighted by Gasteiger charge is -2.56. The van der Waals surface area contributed by atoms with Crippen molar-refractivity contribution in [3.63, 3.8) is 0 Å². The Bertz CT molecular complexity index is 1880. The third-order valence-corrected chi connectivity index (χ3v) is 12.3. The van der Waals surface area contributed by atoms with E-state index in [1.807, 2.05) is 9.80 Å². The van der Waals surface area contributed by atoms with Crippen molar-refractivity contribution >= 4 is 27.9 Å². The van der Waals surface area contributed by atoms with Crippen LogP contribution in [0.25, 0.3) is 11.3 Å². The maximum atomic E-state index is 14.6. The fraction of sp³-hybridized carbons (Fsp3) is 0.550. The molecule has 3 heterocycles. The number of hydrogen-bond acceptors (Lipinski definition) is 7. The highest BCUT2D eigenvalue weighted by Gasteiger charge is 2.51. The number of piperidine rings is 1. The SMILES string of the molecule is CC(C)C[C@@H]1COc2cc(-c3c(C(C)C)cccc3C(C)C)nc(n2)NS(=O)(=O)c2cccc(c2)C(=O)N1C1CC2(CCN(C(=O)N(C)C)CC2)C1. The number of likely N-dealkylation sites (tertiary alicyclic amines) is 1. The number of urea groups is 1. The van der Waals surface area contributed by atoms with Gasteiger partial charge in [0.15, 0.2) is 0 Å². The van der Waals surface area contributed by atoms with E-state index in [1.54, 1.807) is 37.2 Å². The zero-order valence-electron chi connectivity index (χ0n) is 31.8. The van der Waals surface area contributed by atoms with Crippen LogP contribution in [0.1, 0.15) is 107 Å². The third kappa shape index (κ3) is 7.63.